The van der Waals surface area contributed by atoms with Gasteiger partial charge in [-0.1, -0.05) is 31.0 Å². The number of rotatable bonds is 8. The highest BCUT2D eigenvalue weighted by Gasteiger charge is 2.48. The number of esters is 1. The molecule has 4 rings (SSSR count). The molecule has 4 atom stereocenters. The van der Waals surface area contributed by atoms with Gasteiger partial charge < -0.3 is 26.0 Å². The molecule has 0 aromatic heterocycles. The topological polar surface area (TPSA) is 138 Å². The van der Waals surface area contributed by atoms with Gasteiger partial charge in [-0.05, 0) is 49.7 Å². The number of amides is 3. The fourth-order valence-corrected chi connectivity index (χ4v) is 4.29. The zero-order valence-corrected chi connectivity index (χ0v) is 20.3. The zero-order valence-electron chi connectivity index (χ0n) is 20.3. The summed E-state index contributed by atoms with van der Waals surface area (Å²) in [5, 5.41) is 14.7. The molecular formula is C26H31N5O5. The van der Waals surface area contributed by atoms with Crippen LogP contribution in [0.25, 0.3) is 0 Å². The number of hydrogen-bond acceptors (Lipinski definition) is 7. The monoisotopic (exact) mass is 493 g/mol. The largest absolute Gasteiger partial charge is 0.462 e. The lowest BCUT2D eigenvalue weighted by Crippen LogP contribution is -2.72. The first kappa shape index (κ1) is 25.2. The van der Waals surface area contributed by atoms with Gasteiger partial charge in [-0.2, -0.15) is 0 Å². The predicted octanol–water partition coefficient (Wildman–Crippen LogP) is 2.08. The minimum Gasteiger partial charge on any atom is -0.462 e. The lowest BCUT2D eigenvalue weighted by atomic mass is 9.81. The van der Waals surface area contributed by atoms with E-state index in [9.17, 15) is 19.2 Å². The quantitative estimate of drug-likeness (QED) is 0.280. The second kappa shape index (κ2) is 11.2. The SMILES string of the molecule is CCCCOC(=O)c1ccc(NC(=O)C2CC(=O)NC3NC(Nc4ccc(C)cc4)NC(=O)C32)cc1. The van der Waals surface area contributed by atoms with Gasteiger partial charge in [0.15, 0.2) is 6.29 Å². The first-order valence-electron chi connectivity index (χ1n) is 12.1. The number of unbranched alkanes of at least 4 members (excludes halogenated alkanes) is 1. The number of benzene rings is 2. The molecule has 3 amide bonds. The van der Waals surface area contributed by atoms with E-state index in [-0.39, 0.29) is 18.2 Å². The molecule has 0 bridgehead atoms. The Morgan fingerprint density at radius 2 is 1.69 bits per heavy atom. The summed E-state index contributed by atoms with van der Waals surface area (Å²) in [6.45, 7) is 4.35. The van der Waals surface area contributed by atoms with Gasteiger partial charge in [0, 0.05) is 17.8 Å². The number of anilines is 2. The minimum atomic E-state index is -0.865. The van der Waals surface area contributed by atoms with E-state index in [1.807, 2.05) is 38.1 Å². The van der Waals surface area contributed by atoms with Crippen LogP contribution in [0.1, 0.15) is 42.1 Å². The van der Waals surface area contributed by atoms with Crippen molar-refractivity contribution in [2.75, 3.05) is 17.2 Å². The van der Waals surface area contributed by atoms with Crippen molar-refractivity contribution in [3.8, 4) is 0 Å². The summed E-state index contributed by atoms with van der Waals surface area (Å²) in [5.74, 6) is -3.18. The van der Waals surface area contributed by atoms with Crippen molar-refractivity contribution in [3.63, 3.8) is 0 Å². The Morgan fingerprint density at radius 1 is 1.00 bits per heavy atom. The van der Waals surface area contributed by atoms with Crippen molar-refractivity contribution >= 4 is 35.1 Å². The Balaban J connectivity index is 1.39. The summed E-state index contributed by atoms with van der Waals surface area (Å²) >= 11 is 0. The molecular weight excluding hydrogens is 462 g/mol. The molecule has 5 N–H and O–H groups in total. The van der Waals surface area contributed by atoms with Gasteiger partial charge in [-0.15, -0.1) is 0 Å². The van der Waals surface area contributed by atoms with E-state index in [0.717, 1.165) is 24.1 Å². The van der Waals surface area contributed by atoms with Crippen molar-refractivity contribution < 1.29 is 23.9 Å². The molecule has 2 aliphatic rings. The van der Waals surface area contributed by atoms with Crippen molar-refractivity contribution in [1.29, 1.82) is 0 Å². The highest BCUT2D eigenvalue weighted by molar-refractivity contribution is 6.00. The van der Waals surface area contributed by atoms with Crippen LogP contribution in [0.5, 0.6) is 0 Å². The number of hydrogen-bond donors (Lipinski definition) is 5. The van der Waals surface area contributed by atoms with Crippen LogP contribution in [-0.4, -0.2) is 42.8 Å². The molecule has 2 aromatic rings. The average Bonchev–Trinajstić information content (AvgIpc) is 2.85. The molecule has 10 heteroatoms. The Labute approximate surface area is 209 Å². The molecule has 0 aliphatic carbocycles. The first-order valence-corrected chi connectivity index (χ1v) is 12.1. The summed E-state index contributed by atoms with van der Waals surface area (Å²) in [5.41, 5.74) is 2.74. The van der Waals surface area contributed by atoms with Gasteiger partial charge in [-0.3, -0.25) is 19.7 Å². The fourth-order valence-electron chi connectivity index (χ4n) is 4.29. The number of ether oxygens (including phenoxy) is 1. The summed E-state index contributed by atoms with van der Waals surface area (Å²) in [7, 11) is 0. The average molecular weight is 494 g/mol. The Bertz CT molecular complexity index is 1120. The Hall–Kier alpha value is -3.92. The summed E-state index contributed by atoms with van der Waals surface area (Å²) in [4.78, 5) is 50.6. The van der Waals surface area contributed by atoms with Gasteiger partial charge in [-0.25, -0.2) is 4.79 Å². The standard InChI is InChI=1S/C26H31N5O5/c1-3-4-13-36-25(35)16-7-11-17(12-8-16)27-23(33)19-14-20(32)29-22-21(19)24(34)31-26(30-22)28-18-9-5-15(2)6-10-18/h5-12,19,21-22,26,28,30H,3-4,13-14H2,1-2H3,(H,27,33)(H,29,32)(H,31,34). The molecule has 4 unspecified atom stereocenters. The summed E-state index contributed by atoms with van der Waals surface area (Å²) < 4.78 is 5.19. The van der Waals surface area contributed by atoms with Crippen LogP contribution in [0.15, 0.2) is 48.5 Å². The van der Waals surface area contributed by atoms with E-state index < -0.39 is 36.2 Å². The van der Waals surface area contributed by atoms with E-state index in [2.05, 4.69) is 26.6 Å². The summed E-state index contributed by atoms with van der Waals surface area (Å²) in [6, 6.07) is 14.0. The van der Waals surface area contributed by atoms with Crippen LogP contribution in [0.4, 0.5) is 11.4 Å². The maximum Gasteiger partial charge on any atom is 0.338 e. The van der Waals surface area contributed by atoms with Crippen LogP contribution in [-0.2, 0) is 19.1 Å². The number of aryl methyl sites for hydroxylation is 1. The third-order valence-corrected chi connectivity index (χ3v) is 6.27. The molecule has 2 fully saturated rings. The van der Waals surface area contributed by atoms with Crippen LogP contribution in [0, 0.1) is 18.8 Å². The van der Waals surface area contributed by atoms with E-state index in [0.29, 0.717) is 17.9 Å². The van der Waals surface area contributed by atoms with E-state index in [1.54, 1.807) is 24.3 Å². The normalized spacial score (nSPS) is 23.1. The Kier molecular flexibility index (Phi) is 7.84. The van der Waals surface area contributed by atoms with Crippen LogP contribution >= 0.6 is 0 Å². The molecule has 0 saturated carbocycles. The molecule has 36 heavy (non-hydrogen) atoms. The third kappa shape index (κ3) is 6.01. The minimum absolute atomic E-state index is 0.111. The number of fused-ring (bicyclic) bond motifs is 1. The number of carbonyl (C=O) groups is 4. The van der Waals surface area contributed by atoms with Crippen LogP contribution < -0.4 is 26.6 Å². The lowest BCUT2D eigenvalue weighted by Gasteiger charge is -2.43. The van der Waals surface area contributed by atoms with E-state index >= 15 is 0 Å². The number of carbonyl (C=O) groups excluding carboxylic acids is 4. The highest BCUT2D eigenvalue weighted by atomic mass is 16.5. The second-order valence-electron chi connectivity index (χ2n) is 9.06. The second-order valence-corrected chi connectivity index (χ2v) is 9.06. The maximum atomic E-state index is 13.1. The van der Waals surface area contributed by atoms with Crippen molar-refractivity contribution in [1.82, 2.24) is 16.0 Å². The molecule has 0 radical (unpaired) electrons. The van der Waals surface area contributed by atoms with Gasteiger partial charge in [0.05, 0.1) is 30.2 Å². The zero-order chi connectivity index (χ0) is 25.7. The molecule has 0 spiro atoms. The lowest BCUT2D eigenvalue weighted by molar-refractivity contribution is -0.144. The van der Waals surface area contributed by atoms with Crippen molar-refractivity contribution in [3.05, 3.63) is 59.7 Å². The van der Waals surface area contributed by atoms with Crippen molar-refractivity contribution in [2.45, 2.75) is 45.6 Å². The van der Waals surface area contributed by atoms with E-state index in [1.165, 1.54) is 0 Å². The van der Waals surface area contributed by atoms with Gasteiger partial charge >= 0.3 is 5.97 Å². The molecule has 2 aromatic carbocycles. The first-order chi connectivity index (χ1) is 17.3. The third-order valence-electron chi connectivity index (χ3n) is 6.27. The molecule has 2 saturated heterocycles. The van der Waals surface area contributed by atoms with Crippen LogP contribution in [0.2, 0.25) is 0 Å². The van der Waals surface area contributed by atoms with E-state index in [4.69, 9.17) is 4.74 Å². The predicted molar refractivity (Wildman–Crippen MR) is 134 cm³/mol. The van der Waals surface area contributed by atoms with Gasteiger partial charge in [0.25, 0.3) is 0 Å². The maximum absolute atomic E-state index is 13.1. The van der Waals surface area contributed by atoms with Crippen molar-refractivity contribution in [2.24, 2.45) is 11.8 Å². The molecule has 190 valence electrons. The highest BCUT2D eigenvalue weighted by Crippen LogP contribution is 2.28. The Morgan fingerprint density at radius 3 is 2.39 bits per heavy atom. The number of piperidine rings is 1. The molecule has 10 nitrogen and oxygen atoms in total. The van der Waals surface area contributed by atoms with Gasteiger partial charge in [0.1, 0.15) is 0 Å². The van der Waals surface area contributed by atoms with Crippen LogP contribution in [0.3, 0.4) is 0 Å². The smallest absolute Gasteiger partial charge is 0.338 e. The number of nitrogens with one attached hydrogen (secondary N) is 5. The fraction of sp³-hybridized carbons (Fsp3) is 0.385. The molecule has 2 aliphatic heterocycles. The summed E-state index contributed by atoms with van der Waals surface area (Å²) in [6.07, 6.45) is 0.283. The molecule has 2 heterocycles. The van der Waals surface area contributed by atoms with Gasteiger partial charge in [0.2, 0.25) is 17.7 Å².